The maximum atomic E-state index is 12.1. The third-order valence-electron chi connectivity index (χ3n) is 9.24. The molecule has 0 radical (unpaired) electrons. The van der Waals surface area contributed by atoms with Crippen LogP contribution in [0.2, 0.25) is 0 Å². The van der Waals surface area contributed by atoms with Crippen molar-refractivity contribution in [3.05, 3.63) is 96.6 Å². The molecule has 1 aliphatic rings. The van der Waals surface area contributed by atoms with E-state index >= 15 is 0 Å². The number of anilines is 5. The van der Waals surface area contributed by atoms with Gasteiger partial charge in [0, 0.05) is 22.0 Å². The van der Waals surface area contributed by atoms with Gasteiger partial charge in [0.1, 0.15) is 10.6 Å². The summed E-state index contributed by atoms with van der Waals surface area (Å²) in [6.45, 7) is 1.35. The predicted octanol–water partition coefficient (Wildman–Crippen LogP) is 7.26. The first kappa shape index (κ1) is 49.5. The molecule has 0 spiro atoms. The van der Waals surface area contributed by atoms with E-state index in [0.29, 0.717) is 45.6 Å². The van der Waals surface area contributed by atoms with Crippen LogP contribution in [0.4, 0.5) is 52.0 Å². The zero-order valence-electron chi connectivity index (χ0n) is 34.4. The van der Waals surface area contributed by atoms with E-state index in [1.807, 2.05) is 0 Å². The average molecular weight is 1040 g/mol. The Morgan fingerprint density at radius 1 is 0.750 bits per heavy atom. The monoisotopic (exact) mass is 1030 g/mol. The molecule has 1 fully saturated rings. The van der Waals surface area contributed by atoms with Crippen molar-refractivity contribution in [2.45, 2.75) is 33.4 Å². The average Bonchev–Trinajstić information content (AvgIpc) is 4.08. The molecule has 5 aromatic carbocycles. The second-order valence-electron chi connectivity index (χ2n) is 14.2. The van der Waals surface area contributed by atoms with Crippen molar-refractivity contribution < 1.29 is 71.2 Å². The van der Waals surface area contributed by atoms with Gasteiger partial charge in [-0.2, -0.15) is 69.1 Å². The molecular formula is C37H34N10O16S5. The summed E-state index contributed by atoms with van der Waals surface area (Å²) in [6.07, 6.45) is -0.104. The van der Waals surface area contributed by atoms with Crippen LogP contribution in [-0.4, -0.2) is 96.4 Å². The highest BCUT2D eigenvalue weighted by Crippen LogP contribution is 2.36. The number of ether oxygens (including phenoxy) is 1. The molecule has 31 heteroatoms. The van der Waals surface area contributed by atoms with Crippen LogP contribution in [0, 0.1) is 6.92 Å². The van der Waals surface area contributed by atoms with Gasteiger partial charge in [-0.3, -0.25) is 18.2 Å². The first-order valence-electron chi connectivity index (χ1n) is 19.0. The molecule has 358 valence electrons. The van der Waals surface area contributed by atoms with Crippen LogP contribution < -0.4 is 20.3 Å². The van der Waals surface area contributed by atoms with Gasteiger partial charge in [0.2, 0.25) is 17.8 Å². The van der Waals surface area contributed by atoms with Crippen molar-refractivity contribution in [1.82, 2.24) is 15.0 Å². The van der Waals surface area contributed by atoms with E-state index in [1.54, 1.807) is 55.5 Å². The summed E-state index contributed by atoms with van der Waals surface area (Å²) in [5, 5.41) is 33.5. The van der Waals surface area contributed by atoms with Crippen LogP contribution in [0.15, 0.2) is 126 Å². The highest BCUT2D eigenvalue weighted by Gasteiger charge is 2.46. The van der Waals surface area contributed by atoms with Crippen molar-refractivity contribution in [1.29, 1.82) is 0 Å². The maximum absolute atomic E-state index is 12.1. The molecule has 1 aliphatic heterocycles. The summed E-state index contributed by atoms with van der Waals surface area (Å²) in [6, 6.07) is 21.4. The molecule has 1 aromatic heterocycles. The third-order valence-corrected chi connectivity index (χ3v) is 13.4. The molecule has 68 heavy (non-hydrogen) atoms. The van der Waals surface area contributed by atoms with Crippen molar-refractivity contribution in [3.63, 3.8) is 0 Å². The lowest BCUT2D eigenvalue weighted by atomic mass is 10.1. The van der Waals surface area contributed by atoms with Gasteiger partial charge in [-0.1, -0.05) is 17.2 Å². The lowest BCUT2D eigenvalue weighted by molar-refractivity contribution is -0.432. The summed E-state index contributed by atoms with van der Waals surface area (Å²) in [7, 11) is -18.6. The number of benzene rings is 5. The number of azo groups is 2. The minimum atomic E-state index is -4.95. The van der Waals surface area contributed by atoms with Gasteiger partial charge in [0.25, 0.3) is 40.5 Å². The fraction of sp³-hybridized carbons (Fsp3) is 0.162. The van der Waals surface area contributed by atoms with Gasteiger partial charge in [-0.05, 0) is 97.1 Å². The standard InChI is InChI=1S/C37H34N10O16S5/c1-21-14-23(8-10-30(21)46-45-25-7-6-22-15-28(66(52,53)54)19-33(29(22)17-25)67(55,56)57)38-35-40-36(42-37(41-35)47-20-34(47)68(58,59)60)39-31-11-9-26(18-32(31)61-12-3-13-65(49,50)51)44-43-24-4-2-5-27(16-24)64-63-62-48/h2,4-11,14-19,34,48H,3,12-13,20H2,1H3,(H,49,50,51)(H,52,53,54)(H,55,56,57)(H,58,59,60)(H2,38,39,40,41,42). The molecule has 6 aromatic rings. The smallest absolute Gasteiger partial charge is 0.295 e. The number of fused-ring (bicyclic) bond motifs is 1. The topological polar surface area (TPSA) is 381 Å². The van der Waals surface area contributed by atoms with Crippen molar-refractivity contribution in [3.8, 4) is 5.75 Å². The van der Waals surface area contributed by atoms with E-state index in [0.717, 1.165) is 6.07 Å². The first-order valence-corrected chi connectivity index (χ1v) is 25.7. The quantitative estimate of drug-likeness (QED) is 0.00751. The lowest BCUT2D eigenvalue weighted by Crippen LogP contribution is -2.15. The fourth-order valence-electron chi connectivity index (χ4n) is 6.09. The Morgan fingerprint density at radius 2 is 1.44 bits per heavy atom. The SMILES string of the molecule is Cc1cc(Nc2nc(Nc3ccc(N=Nc4cccc(SOOO)c4)cc3OCCCS(=O)(=O)O)nc(N3CC3S(=O)(=O)O)n2)ccc1N=Nc1ccc2cc(S(=O)(=O)O)cc(S(=O)(=O)O)c2c1. The summed E-state index contributed by atoms with van der Waals surface area (Å²) < 4.78 is 143. The minimum absolute atomic E-state index is 0.0612. The second-order valence-corrected chi connectivity index (χ2v) is 21.0. The van der Waals surface area contributed by atoms with E-state index in [4.69, 9.17) is 9.99 Å². The number of hydrogen-bond donors (Lipinski definition) is 7. The molecule has 26 nitrogen and oxygen atoms in total. The summed E-state index contributed by atoms with van der Waals surface area (Å²) >= 11 is 0.716. The van der Waals surface area contributed by atoms with Crippen LogP contribution in [0.5, 0.6) is 5.75 Å². The Morgan fingerprint density at radius 3 is 2.10 bits per heavy atom. The molecule has 0 aliphatic carbocycles. The molecule has 1 atom stereocenters. The van der Waals surface area contributed by atoms with Crippen LogP contribution >= 0.6 is 12.0 Å². The molecule has 0 saturated carbocycles. The van der Waals surface area contributed by atoms with E-state index in [9.17, 15) is 51.9 Å². The van der Waals surface area contributed by atoms with Crippen LogP contribution in [0.25, 0.3) is 10.8 Å². The normalized spacial score (nSPS) is 14.5. The van der Waals surface area contributed by atoms with Crippen molar-refractivity contribution >= 4 is 115 Å². The third kappa shape index (κ3) is 13.2. The zero-order chi connectivity index (χ0) is 49.0. The Kier molecular flexibility index (Phi) is 14.6. The molecule has 0 amide bonds. The Bertz CT molecular complexity index is 3440. The van der Waals surface area contributed by atoms with Gasteiger partial charge in [0.15, 0.2) is 5.37 Å². The van der Waals surface area contributed by atoms with E-state index in [-0.39, 0.29) is 71.0 Å². The van der Waals surface area contributed by atoms with Gasteiger partial charge in [-0.15, -0.1) is 4.33 Å². The summed E-state index contributed by atoms with van der Waals surface area (Å²) in [4.78, 5) is 13.3. The largest absolute Gasteiger partial charge is 0.491 e. The molecule has 2 heterocycles. The van der Waals surface area contributed by atoms with E-state index in [1.165, 1.54) is 35.2 Å². The minimum Gasteiger partial charge on any atom is -0.491 e. The number of nitrogens with zero attached hydrogens (tertiary/aromatic N) is 8. The number of aryl methyl sites for hydroxylation is 1. The molecule has 1 saturated heterocycles. The Labute approximate surface area is 390 Å². The highest BCUT2D eigenvalue weighted by atomic mass is 32.2. The van der Waals surface area contributed by atoms with Crippen molar-refractivity contribution in [2.75, 3.05) is 34.4 Å². The lowest BCUT2D eigenvalue weighted by Gasteiger charge is -2.15. The number of nitrogens with one attached hydrogen (secondary N) is 2. The second kappa shape index (κ2) is 20.1. The molecule has 7 N–H and O–H groups in total. The number of hydrogen-bond acceptors (Lipinski definition) is 23. The Balaban J connectivity index is 1.15. The predicted molar refractivity (Wildman–Crippen MR) is 242 cm³/mol. The number of rotatable bonds is 20. The first-order chi connectivity index (χ1) is 32.0. The Hall–Kier alpha value is -6.36. The summed E-state index contributed by atoms with van der Waals surface area (Å²) in [5.41, 5.74) is 2.28. The number of aromatic nitrogens is 3. The van der Waals surface area contributed by atoms with Crippen LogP contribution in [-0.2, 0) is 49.8 Å². The molecular weight excluding hydrogens is 1000 g/mol. The molecule has 7 rings (SSSR count). The van der Waals surface area contributed by atoms with Crippen molar-refractivity contribution in [2.24, 2.45) is 20.5 Å². The molecule has 1 unspecified atom stereocenters. The highest BCUT2D eigenvalue weighted by molar-refractivity contribution is 7.94. The van der Waals surface area contributed by atoms with E-state index in [2.05, 4.69) is 55.4 Å². The fourth-order valence-corrected chi connectivity index (χ4v) is 9.10. The maximum Gasteiger partial charge on any atom is 0.295 e. The van der Waals surface area contributed by atoms with Crippen LogP contribution in [0.1, 0.15) is 12.0 Å². The van der Waals surface area contributed by atoms with Gasteiger partial charge in [-0.25, -0.2) is 5.26 Å². The zero-order valence-corrected chi connectivity index (χ0v) is 38.5. The van der Waals surface area contributed by atoms with Gasteiger partial charge < -0.3 is 20.3 Å². The van der Waals surface area contributed by atoms with Gasteiger partial charge in [0.05, 0.1) is 64.3 Å². The summed E-state index contributed by atoms with van der Waals surface area (Å²) in [5.74, 6) is -0.906. The van der Waals surface area contributed by atoms with Gasteiger partial charge >= 0.3 is 0 Å². The molecule has 0 bridgehead atoms. The van der Waals surface area contributed by atoms with Crippen LogP contribution in [0.3, 0.4) is 0 Å². The van der Waals surface area contributed by atoms with E-state index < -0.39 is 61.4 Å².